The number of carboxylic acids is 1. The lowest BCUT2D eigenvalue weighted by molar-refractivity contribution is -0.142. The quantitative estimate of drug-likeness (QED) is 0.583. The van der Waals surface area contributed by atoms with E-state index in [-0.39, 0.29) is 25.5 Å². The Kier molecular flexibility index (Phi) is 3.60. The fourth-order valence-corrected chi connectivity index (χ4v) is 0.889. The van der Waals surface area contributed by atoms with E-state index >= 15 is 0 Å². The van der Waals surface area contributed by atoms with Crippen molar-refractivity contribution in [3.63, 3.8) is 0 Å². The van der Waals surface area contributed by atoms with Crippen LogP contribution in [0.5, 0.6) is 0 Å². The van der Waals surface area contributed by atoms with Gasteiger partial charge in [0.05, 0.1) is 0 Å². The van der Waals surface area contributed by atoms with Gasteiger partial charge in [-0.15, -0.1) is 12.4 Å². The molecule has 0 aliphatic carbocycles. The van der Waals surface area contributed by atoms with Crippen LogP contribution in [0.4, 0.5) is 4.39 Å². The van der Waals surface area contributed by atoms with Crippen LogP contribution < -0.4 is 5.32 Å². The van der Waals surface area contributed by atoms with E-state index in [9.17, 15) is 9.18 Å². The van der Waals surface area contributed by atoms with Crippen molar-refractivity contribution in [3.8, 4) is 0 Å². The summed E-state index contributed by atoms with van der Waals surface area (Å²) in [7, 11) is 0. The molecule has 10 heavy (non-hydrogen) atoms. The maximum atomic E-state index is 12.4. The lowest BCUT2D eigenvalue weighted by atomic mass is 10.1. The Labute approximate surface area is 64.0 Å². The molecular formula is C5H9ClFNO2. The second-order valence-electron chi connectivity index (χ2n) is 2.12. The summed E-state index contributed by atoms with van der Waals surface area (Å²) in [5.41, 5.74) is 0. The summed E-state index contributed by atoms with van der Waals surface area (Å²) in [5.74, 6) is -1.88. The molecule has 1 aliphatic rings. The number of alkyl halides is 1. The van der Waals surface area contributed by atoms with Crippen LogP contribution in [0, 0.1) is 5.92 Å². The van der Waals surface area contributed by atoms with Gasteiger partial charge in [0.2, 0.25) is 0 Å². The predicted octanol–water partition coefficient (Wildman–Crippen LogP) is 0.0503. The number of hydrogen-bond donors (Lipinski definition) is 2. The van der Waals surface area contributed by atoms with Gasteiger partial charge < -0.3 is 10.4 Å². The Balaban J connectivity index is 0.000000810. The Bertz CT molecular complexity index is 133. The molecule has 1 fully saturated rings. The maximum Gasteiger partial charge on any atom is 0.310 e. The van der Waals surface area contributed by atoms with Crippen LogP contribution in [0.1, 0.15) is 0 Å². The van der Waals surface area contributed by atoms with E-state index < -0.39 is 18.1 Å². The molecular weight excluding hydrogens is 161 g/mol. The molecule has 0 radical (unpaired) electrons. The largest absolute Gasteiger partial charge is 0.481 e. The first kappa shape index (κ1) is 9.65. The Morgan fingerprint density at radius 2 is 2.20 bits per heavy atom. The molecule has 1 rings (SSSR count). The average Bonchev–Trinajstić information content (AvgIpc) is 2.13. The lowest BCUT2D eigenvalue weighted by Crippen LogP contribution is -2.22. The summed E-state index contributed by atoms with van der Waals surface area (Å²) in [6.07, 6.45) is -1.21. The highest BCUT2D eigenvalue weighted by Gasteiger charge is 2.32. The average molecular weight is 170 g/mol. The lowest BCUT2D eigenvalue weighted by Gasteiger charge is -2.02. The van der Waals surface area contributed by atoms with Gasteiger partial charge in [0.15, 0.2) is 0 Å². The zero-order valence-corrected chi connectivity index (χ0v) is 6.03. The van der Waals surface area contributed by atoms with Crippen molar-refractivity contribution in [2.45, 2.75) is 6.17 Å². The van der Waals surface area contributed by atoms with Gasteiger partial charge in [0.25, 0.3) is 0 Å². The maximum absolute atomic E-state index is 12.4. The Hall–Kier alpha value is -0.350. The molecule has 5 heteroatoms. The fraction of sp³-hybridized carbons (Fsp3) is 0.800. The molecule has 0 bridgehead atoms. The van der Waals surface area contributed by atoms with Crippen LogP contribution in [0.15, 0.2) is 0 Å². The zero-order chi connectivity index (χ0) is 6.85. The number of halogens is 2. The van der Waals surface area contributed by atoms with Crippen molar-refractivity contribution in [1.29, 1.82) is 0 Å². The van der Waals surface area contributed by atoms with Gasteiger partial charge in [0.1, 0.15) is 12.1 Å². The first-order valence-corrected chi connectivity index (χ1v) is 2.79. The molecule has 0 aromatic rings. The summed E-state index contributed by atoms with van der Waals surface area (Å²) < 4.78 is 12.4. The number of aliphatic carboxylic acids is 1. The highest BCUT2D eigenvalue weighted by molar-refractivity contribution is 5.85. The number of hydrogen-bond acceptors (Lipinski definition) is 2. The molecule has 0 unspecified atom stereocenters. The van der Waals surface area contributed by atoms with Crippen molar-refractivity contribution in [1.82, 2.24) is 5.32 Å². The van der Waals surface area contributed by atoms with Crippen LogP contribution >= 0.6 is 12.4 Å². The second-order valence-corrected chi connectivity index (χ2v) is 2.12. The standard InChI is InChI=1S/C5H8FNO2.ClH/c6-4-2-7-1-3(4)5(8)9;/h3-4,7H,1-2H2,(H,8,9);1H/t3-,4+;/m0./s1. The molecule has 0 aromatic carbocycles. The summed E-state index contributed by atoms with van der Waals surface area (Å²) in [6.45, 7) is 0.438. The van der Waals surface area contributed by atoms with Gasteiger partial charge in [-0.25, -0.2) is 4.39 Å². The molecule has 1 saturated heterocycles. The van der Waals surface area contributed by atoms with E-state index in [1.807, 2.05) is 0 Å². The van der Waals surface area contributed by atoms with Crippen LogP contribution in [-0.4, -0.2) is 30.3 Å². The molecule has 0 saturated carbocycles. The molecule has 3 nitrogen and oxygen atoms in total. The molecule has 0 aromatic heterocycles. The van der Waals surface area contributed by atoms with Gasteiger partial charge in [-0.2, -0.15) is 0 Å². The van der Waals surface area contributed by atoms with E-state index in [2.05, 4.69) is 5.32 Å². The number of nitrogens with one attached hydrogen (secondary N) is 1. The first-order chi connectivity index (χ1) is 4.22. The number of rotatable bonds is 1. The third kappa shape index (κ3) is 1.82. The summed E-state index contributed by atoms with van der Waals surface area (Å²) >= 11 is 0. The van der Waals surface area contributed by atoms with Crippen LogP contribution in [0.2, 0.25) is 0 Å². The minimum absolute atomic E-state index is 0. The molecule has 0 amide bonds. The summed E-state index contributed by atoms with van der Waals surface area (Å²) in [4.78, 5) is 10.1. The summed E-state index contributed by atoms with van der Waals surface area (Å²) in [5, 5.41) is 11.0. The molecule has 1 aliphatic heterocycles. The number of carbonyl (C=O) groups is 1. The Morgan fingerprint density at radius 1 is 1.60 bits per heavy atom. The Morgan fingerprint density at radius 3 is 2.40 bits per heavy atom. The van der Waals surface area contributed by atoms with Crippen molar-refractivity contribution in [2.24, 2.45) is 5.92 Å². The zero-order valence-electron chi connectivity index (χ0n) is 5.21. The predicted molar refractivity (Wildman–Crippen MR) is 36.1 cm³/mol. The van der Waals surface area contributed by atoms with E-state index in [4.69, 9.17) is 5.11 Å². The van der Waals surface area contributed by atoms with Gasteiger partial charge in [-0.1, -0.05) is 0 Å². The highest BCUT2D eigenvalue weighted by Crippen LogP contribution is 2.11. The summed E-state index contributed by atoms with van der Waals surface area (Å²) in [6, 6.07) is 0. The van der Waals surface area contributed by atoms with Crippen molar-refractivity contribution in [3.05, 3.63) is 0 Å². The SMILES string of the molecule is Cl.O=C(O)[C@H]1CNC[C@H]1F. The van der Waals surface area contributed by atoms with Gasteiger partial charge in [-0.3, -0.25) is 4.79 Å². The monoisotopic (exact) mass is 169 g/mol. The van der Waals surface area contributed by atoms with E-state index in [0.717, 1.165) is 0 Å². The number of carboxylic acid groups (broad SMARTS) is 1. The van der Waals surface area contributed by atoms with Crippen LogP contribution in [-0.2, 0) is 4.79 Å². The fourth-order valence-electron chi connectivity index (χ4n) is 0.889. The van der Waals surface area contributed by atoms with E-state index in [0.29, 0.717) is 0 Å². The molecule has 2 N–H and O–H groups in total. The normalized spacial score (nSPS) is 31.3. The van der Waals surface area contributed by atoms with Gasteiger partial charge in [-0.05, 0) is 0 Å². The van der Waals surface area contributed by atoms with Gasteiger partial charge >= 0.3 is 5.97 Å². The van der Waals surface area contributed by atoms with Crippen molar-refractivity contribution < 1.29 is 14.3 Å². The third-order valence-corrected chi connectivity index (χ3v) is 1.46. The molecule has 1 heterocycles. The van der Waals surface area contributed by atoms with Crippen LogP contribution in [0.25, 0.3) is 0 Å². The smallest absolute Gasteiger partial charge is 0.310 e. The highest BCUT2D eigenvalue weighted by atomic mass is 35.5. The van der Waals surface area contributed by atoms with Crippen molar-refractivity contribution in [2.75, 3.05) is 13.1 Å². The first-order valence-electron chi connectivity index (χ1n) is 2.79. The third-order valence-electron chi connectivity index (χ3n) is 1.46. The minimum Gasteiger partial charge on any atom is -0.481 e. The molecule has 2 atom stereocenters. The van der Waals surface area contributed by atoms with E-state index in [1.54, 1.807) is 0 Å². The second kappa shape index (κ2) is 3.73. The topological polar surface area (TPSA) is 49.3 Å². The van der Waals surface area contributed by atoms with E-state index in [1.165, 1.54) is 0 Å². The molecule has 60 valence electrons. The van der Waals surface area contributed by atoms with Crippen molar-refractivity contribution >= 4 is 18.4 Å². The minimum atomic E-state index is -1.21. The molecule has 0 spiro atoms. The van der Waals surface area contributed by atoms with Crippen LogP contribution in [0.3, 0.4) is 0 Å². The van der Waals surface area contributed by atoms with Gasteiger partial charge in [0, 0.05) is 13.1 Å².